The molecule has 1 aliphatic heterocycles. The van der Waals surface area contributed by atoms with Crippen molar-refractivity contribution in [3.8, 4) is 0 Å². The van der Waals surface area contributed by atoms with Crippen LogP contribution in [-0.2, 0) is 6.42 Å². The highest BCUT2D eigenvalue weighted by atomic mass is 16.1. The van der Waals surface area contributed by atoms with E-state index in [1.807, 2.05) is 25.3 Å². The number of pyridine rings is 1. The predicted molar refractivity (Wildman–Crippen MR) is 75.5 cm³/mol. The van der Waals surface area contributed by atoms with Gasteiger partial charge in [0.1, 0.15) is 5.65 Å². The highest BCUT2D eigenvalue weighted by Crippen LogP contribution is 2.14. The van der Waals surface area contributed by atoms with Gasteiger partial charge in [0.15, 0.2) is 0 Å². The van der Waals surface area contributed by atoms with Gasteiger partial charge in [0.25, 0.3) is 5.56 Å². The molecule has 0 radical (unpaired) electrons. The van der Waals surface area contributed by atoms with Crippen molar-refractivity contribution in [1.82, 2.24) is 14.7 Å². The highest BCUT2D eigenvalue weighted by Gasteiger charge is 2.14. The lowest BCUT2D eigenvalue weighted by Crippen LogP contribution is -2.16. The minimum absolute atomic E-state index is 0.0215. The van der Waals surface area contributed by atoms with E-state index in [1.165, 1.54) is 6.42 Å². The smallest absolute Gasteiger partial charge is 0.258 e. The van der Waals surface area contributed by atoms with Crippen molar-refractivity contribution in [3.63, 3.8) is 0 Å². The molecule has 0 bridgehead atoms. The molecule has 0 aromatic carbocycles. The molecule has 19 heavy (non-hydrogen) atoms. The minimum Gasteiger partial charge on any atom is -0.316 e. The minimum atomic E-state index is 0.0215. The van der Waals surface area contributed by atoms with Crippen LogP contribution in [0.2, 0.25) is 0 Å². The van der Waals surface area contributed by atoms with Crippen LogP contribution in [0.15, 0.2) is 29.2 Å². The summed E-state index contributed by atoms with van der Waals surface area (Å²) in [6.07, 6.45) is 5.09. The number of aryl methyl sites for hydroxylation is 2. The second-order valence-electron chi connectivity index (χ2n) is 5.42. The normalized spacial score (nSPS) is 19.1. The maximum atomic E-state index is 12.1. The van der Waals surface area contributed by atoms with E-state index in [4.69, 9.17) is 0 Å². The Morgan fingerprint density at radius 3 is 3.16 bits per heavy atom. The molecule has 3 rings (SSSR count). The molecule has 1 unspecified atom stereocenters. The van der Waals surface area contributed by atoms with Crippen molar-refractivity contribution in [1.29, 1.82) is 0 Å². The Kier molecular flexibility index (Phi) is 3.34. The van der Waals surface area contributed by atoms with Crippen LogP contribution in [0.3, 0.4) is 0 Å². The average Bonchev–Trinajstić information content (AvgIpc) is 2.90. The zero-order chi connectivity index (χ0) is 13.2. The molecule has 0 spiro atoms. The molecule has 0 aliphatic carbocycles. The van der Waals surface area contributed by atoms with Crippen LogP contribution in [0.5, 0.6) is 0 Å². The first-order valence-electron chi connectivity index (χ1n) is 6.92. The summed E-state index contributed by atoms with van der Waals surface area (Å²) >= 11 is 0. The summed E-state index contributed by atoms with van der Waals surface area (Å²) in [6.45, 7) is 4.20. The number of aromatic nitrogens is 2. The van der Waals surface area contributed by atoms with E-state index < -0.39 is 0 Å². The van der Waals surface area contributed by atoms with Crippen LogP contribution in [0.4, 0.5) is 0 Å². The Balaban J connectivity index is 1.84. The summed E-state index contributed by atoms with van der Waals surface area (Å²) < 4.78 is 1.62. The van der Waals surface area contributed by atoms with Crippen LogP contribution < -0.4 is 10.9 Å². The number of nitrogens with one attached hydrogen (secondary N) is 1. The standard InChI is InChI=1S/C15H19N3O/c1-11-2-5-14-17-13(8-15(19)18(14)10-11)4-3-12-6-7-16-9-12/h2,5,8,10,12,16H,3-4,6-7,9H2,1H3. The molecule has 4 heteroatoms. The number of nitrogens with zero attached hydrogens (tertiary/aromatic N) is 2. The van der Waals surface area contributed by atoms with Gasteiger partial charge in [-0.05, 0) is 56.8 Å². The van der Waals surface area contributed by atoms with Crippen molar-refractivity contribution >= 4 is 5.65 Å². The first-order valence-corrected chi connectivity index (χ1v) is 6.92. The number of hydrogen-bond acceptors (Lipinski definition) is 3. The molecule has 4 nitrogen and oxygen atoms in total. The molecule has 0 amide bonds. The van der Waals surface area contributed by atoms with Crippen LogP contribution >= 0.6 is 0 Å². The van der Waals surface area contributed by atoms with Crippen LogP contribution in [-0.4, -0.2) is 22.5 Å². The molecule has 1 aliphatic rings. The van der Waals surface area contributed by atoms with E-state index in [2.05, 4.69) is 10.3 Å². The highest BCUT2D eigenvalue weighted by molar-refractivity contribution is 5.39. The maximum Gasteiger partial charge on any atom is 0.258 e. The monoisotopic (exact) mass is 257 g/mol. The van der Waals surface area contributed by atoms with E-state index in [0.29, 0.717) is 0 Å². The summed E-state index contributed by atoms with van der Waals surface area (Å²) in [5, 5.41) is 3.37. The summed E-state index contributed by atoms with van der Waals surface area (Å²) in [6, 6.07) is 5.58. The first-order chi connectivity index (χ1) is 9.22. The lowest BCUT2D eigenvalue weighted by molar-refractivity contribution is 0.529. The molecule has 0 saturated carbocycles. The fraction of sp³-hybridized carbons (Fsp3) is 0.467. The van der Waals surface area contributed by atoms with Crippen molar-refractivity contribution in [2.75, 3.05) is 13.1 Å². The van der Waals surface area contributed by atoms with E-state index in [1.54, 1.807) is 10.5 Å². The largest absolute Gasteiger partial charge is 0.316 e. The molecular formula is C15H19N3O. The van der Waals surface area contributed by atoms with Crippen molar-refractivity contribution in [2.45, 2.75) is 26.2 Å². The summed E-state index contributed by atoms with van der Waals surface area (Å²) in [7, 11) is 0. The Morgan fingerprint density at radius 2 is 2.37 bits per heavy atom. The molecule has 1 atom stereocenters. The van der Waals surface area contributed by atoms with Crippen LogP contribution in [0, 0.1) is 12.8 Å². The summed E-state index contributed by atoms with van der Waals surface area (Å²) in [5.74, 6) is 0.735. The van der Waals surface area contributed by atoms with Gasteiger partial charge in [-0.25, -0.2) is 4.98 Å². The molecule has 2 aromatic heterocycles. The van der Waals surface area contributed by atoms with Gasteiger partial charge >= 0.3 is 0 Å². The van der Waals surface area contributed by atoms with E-state index in [0.717, 1.165) is 48.8 Å². The van der Waals surface area contributed by atoms with Crippen molar-refractivity contribution in [2.24, 2.45) is 5.92 Å². The third-order valence-electron chi connectivity index (χ3n) is 3.83. The fourth-order valence-corrected chi connectivity index (χ4v) is 2.70. The summed E-state index contributed by atoms with van der Waals surface area (Å²) in [5.41, 5.74) is 2.76. The Morgan fingerprint density at radius 1 is 1.47 bits per heavy atom. The Bertz CT molecular complexity index is 641. The van der Waals surface area contributed by atoms with Gasteiger partial charge in [0.2, 0.25) is 0 Å². The van der Waals surface area contributed by atoms with Gasteiger partial charge in [0.05, 0.1) is 0 Å². The third kappa shape index (κ3) is 2.68. The van der Waals surface area contributed by atoms with Gasteiger partial charge in [-0.2, -0.15) is 0 Å². The topological polar surface area (TPSA) is 46.4 Å². The van der Waals surface area contributed by atoms with Gasteiger partial charge in [0, 0.05) is 18.0 Å². The summed E-state index contributed by atoms with van der Waals surface area (Å²) in [4.78, 5) is 16.6. The van der Waals surface area contributed by atoms with Gasteiger partial charge in [-0.1, -0.05) is 6.07 Å². The zero-order valence-corrected chi connectivity index (χ0v) is 11.2. The van der Waals surface area contributed by atoms with Gasteiger partial charge in [-0.15, -0.1) is 0 Å². The van der Waals surface area contributed by atoms with Crippen LogP contribution in [0.1, 0.15) is 24.1 Å². The van der Waals surface area contributed by atoms with Gasteiger partial charge < -0.3 is 5.32 Å². The average molecular weight is 257 g/mol. The molecule has 1 saturated heterocycles. The first kappa shape index (κ1) is 12.4. The Hall–Kier alpha value is -1.68. The molecule has 2 aromatic rings. The van der Waals surface area contributed by atoms with Crippen molar-refractivity contribution < 1.29 is 0 Å². The molecule has 3 heterocycles. The lowest BCUT2D eigenvalue weighted by Gasteiger charge is -2.08. The zero-order valence-electron chi connectivity index (χ0n) is 11.2. The Labute approximate surface area is 112 Å². The molecule has 1 N–H and O–H groups in total. The quantitative estimate of drug-likeness (QED) is 0.907. The number of fused-ring (bicyclic) bond motifs is 1. The van der Waals surface area contributed by atoms with E-state index >= 15 is 0 Å². The predicted octanol–water partition coefficient (Wildman–Crippen LogP) is 1.55. The molecule has 1 fully saturated rings. The fourth-order valence-electron chi connectivity index (χ4n) is 2.70. The number of rotatable bonds is 3. The third-order valence-corrected chi connectivity index (χ3v) is 3.83. The second kappa shape index (κ2) is 5.13. The van der Waals surface area contributed by atoms with E-state index in [-0.39, 0.29) is 5.56 Å². The molecular weight excluding hydrogens is 238 g/mol. The molecule has 100 valence electrons. The van der Waals surface area contributed by atoms with Crippen molar-refractivity contribution in [3.05, 3.63) is 46.0 Å². The SMILES string of the molecule is Cc1ccc2nc(CCC3CCNC3)cc(=O)n2c1. The van der Waals surface area contributed by atoms with Gasteiger partial charge in [-0.3, -0.25) is 9.20 Å². The van der Waals surface area contributed by atoms with Crippen LogP contribution in [0.25, 0.3) is 5.65 Å². The number of hydrogen-bond donors (Lipinski definition) is 1. The van der Waals surface area contributed by atoms with E-state index in [9.17, 15) is 4.79 Å². The maximum absolute atomic E-state index is 12.1. The lowest BCUT2D eigenvalue weighted by atomic mass is 10.0. The second-order valence-corrected chi connectivity index (χ2v) is 5.42.